The van der Waals surface area contributed by atoms with Crippen molar-refractivity contribution in [3.63, 3.8) is 0 Å². The molecule has 0 aliphatic rings. The van der Waals surface area contributed by atoms with Crippen molar-refractivity contribution in [3.8, 4) is 11.1 Å². The van der Waals surface area contributed by atoms with Crippen LogP contribution in [0.1, 0.15) is 55.4 Å². The standard InChI is InChI=1S/C27H29FN2/c1-3-5-6-9-23-10-7-8-11-25(23)20-30-29-19-22-14-17-26(27(28)18-22)24-15-12-21(4-2)13-16-24/h7-8,10-20H,3-6,9H2,1-2H3. The Kier molecular flexibility index (Phi) is 8.08. The molecule has 0 aliphatic heterocycles. The maximum atomic E-state index is 14.6. The number of rotatable bonds is 9. The third kappa shape index (κ3) is 5.96. The van der Waals surface area contributed by atoms with E-state index in [0.29, 0.717) is 11.1 Å². The first-order valence-corrected chi connectivity index (χ1v) is 10.7. The molecule has 0 spiro atoms. The van der Waals surface area contributed by atoms with E-state index in [1.807, 2.05) is 36.4 Å². The van der Waals surface area contributed by atoms with Crippen LogP contribution in [0.25, 0.3) is 11.1 Å². The Balaban J connectivity index is 1.67. The first-order valence-electron chi connectivity index (χ1n) is 10.7. The number of aryl methyl sites for hydroxylation is 2. The first kappa shape index (κ1) is 21.6. The summed E-state index contributed by atoms with van der Waals surface area (Å²) in [4.78, 5) is 0. The van der Waals surface area contributed by atoms with Gasteiger partial charge in [-0.3, -0.25) is 0 Å². The number of hydrogen-bond acceptors (Lipinski definition) is 2. The number of nitrogens with zero attached hydrogens (tertiary/aromatic N) is 2. The summed E-state index contributed by atoms with van der Waals surface area (Å²) in [5.74, 6) is -0.256. The molecule has 0 N–H and O–H groups in total. The summed E-state index contributed by atoms with van der Waals surface area (Å²) in [6.07, 6.45) is 9.00. The molecule has 0 bridgehead atoms. The zero-order valence-corrected chi connectivity index (χ0v) is 17.8. The van der Waals surface area contributed by atoms with Gasteiger partial charge < -0.3 is 0 Å². The van der Waals surface area contributed by atoms with Gasteiger partial charge in [-0.25, -0.2) is 4.39 Å². The molecule has 0 saturated heterocycles. The molecule has 0 saturated carbocycles. The molecule has 154 valence electrons. The summed E-state index contributed by atoms with van der Waals surface area (Å²) < 4.78 is 14.6. The summed E-state index contributed by atoms with van der Waals surface area (Å²) in [7, 11) is 0. The quantitative estimate of drug-likeness (QED) is 0.205. The molecule has 0 aromatic heterocycles. The highest BCUT2D eigenvalue weighted by atomic mass is 19.1. The lowest BCUT2D eigenvalue weighted by Gasteiger charge is -2.05. The molecule has 0 atom stereocenters. The third-order valence-corrected chi connectivity index (χ3v) is 5.24. The van der Waals surface area contributed by atoms with Gasteiger partial charge in [0.1, 0.15) is 5.82 Å². The minimum Gasteiger partial charge on any atom is -0.206 e. The molecule has 0 amide bonds. The van der Waals surface area contributed by atoms with Gasteiger partial charge in [0.2, 0.25) is 0 Å². The van der Waals surface area contributed by atoms with Gasteiger partial charge in [0, 0.05) is 5.56 Å². The fourth-order valence-corrected chi connectivity index (χ4v) is 3.41. The van der Waals surface area contributed by atoms with Crippen LogP contribution >= 0.6 is 0 Å². The Morgan fingerprint density at radius 1 is 0.833 bits per heavy atom. The predicted molar refractivity (Wildman–Crippen MR) is 126 cm³/mol. The highest BCUT2D eigenvalue weighted by molar-refractivity contribution is 5.84. The zero-order valence-electron chi connectivity index (χ0n) is 17.8. The molecule has 0 fully saturated rings. The van der Waals surface area contributed by atoms with Crippen molar-refractivity contribution >= 4 is 12.4 Å². The van der Waals surface area contributed by atoms with Crippen LogP contribution in [0, 0.1) is 5.82 Å². The number of benzene rings is 3. The van der Waals surface area contributed by atoms with Gasteiger partial charge in [-0.1, -0.05) is 87.4 Å². The third-order valence-electron chi connectivity index (χ3n) is 5.24. The normalized spacial score (nSPS) is 11.6. The van der Waals surface area contributed by atoms with Crippen LogP contribution < -0.4 is 0 Å². The summed E-state index contributed by atoms with van der Waals surface area (Å²) in [6.45, 7) is 4.32. The minimum atomic E-state index is -0.256. The molecule has 3 heteroatoms. The van der Waals surface area contributed by atoms with E-state index in [1.54, 1.807) is 18.5 Å². The average Bonchev–Trinajstić information content (AvgIpc) is 2.78. The Hall–Kier alpha value is -3.07. The fourth-order valence-electron chi connectivity index (χ4n) is 3.41. The van der Waals surface area contributed by atoms with Gasteiger partial charge in [0.05, 0.1) is 12.4 Å². The van der Waals surface area contributed by atoms with E-state index in [-0.39, 0.29) is 5.82 Å². The second-order valence-corrected chi connectivity index (χ2v) is 7.43. The highest BCUT2D eigenvalue weighted by Crippen LogP contribution is 2.24. The van der Waals surface area contributed by atoms with Crippen LogP contribution in [0.5, 0.6) is 0 Å². The van der Waals surface area contributed by atoms with Gasteiger partial charge in [-0.2, -0.15) is 10.2 Å². The predicted octanol–water partition coefficient (Wildman–Crippen LogP) is 7.24. The van der Waals surface area contributed by atoms with Crippen LogP contribution in [0.4, 0.5) is 4.39 Å². The fraction of sp³-hybridized carbons (Fsp3) is 0.259. The number of hydrogen-bond donors (Lipinski definition) is 0. The van der Waals surface area contributed by atoms with E-state index in [1.165, 1.54) is 36.5 Å². The second kappa shape index (κ2) is 11.2. The summed E-state index contributed by atoms with van der Waals surface area (Å²) >= 11 is 0. The van der Waals surface area contributed by atoms with Gasteiger partial charge in [0.15, 0.2) is 0 Å². The van der Waals surface area contributed by atoms with Crippen molar-refractivity contribution in [2.24, 2.45) is 10.2 Å². The molecule has 3 aromatic rings. The Morgan fingerprint density at radius 2 is 1.60 bits per heavy atom. The summed E-state index contributed by atoms with van der Waals surface area (Å²) in [5, 5.41) is 8.30. The molecule has 3 aromatic carbocycles. The molecule has 0 aliphatic carbocycles. The summed E-state index contributed by atoms with van der Waals surface area (Å²) in [5.41, 5.74) is 5.78. The molecule has 3 rings (SSSR count). The maximum absolute atomic E-state index is 14.6. The lowest BCUT2D eigenvalue weighted by atomic mass is 10.0. The maximum Gasteiger partial charge on any atom is 0.131 e. The van der Waals surface area contributed by atoms with Crippen LogP contribution in [0.3, 0.4) is 0 Å². The van der Waals surface area contributed by atoms with E-state index >= 15 is 0 Å². The largest absolute Gasteiger partial charge is 0.206 e. The van der Waals surface area contributed by atoms with Crippen molar-refractivity contribution in [2.45, 2.75) is 46.0 Å². The topological polar surface area (TPSA) is 24.7 Å². The van der Waals surface area contributed by atoms with E-state index in [2.05, 4.69) is 42.2 Å². The van der Waals surface area contributed by atoms with E-state index in [9.17, 15) is 4.39 Å². The Bertz CT molecular complexity index is 1000. The molecule has 0 heterocycles. The molecular weight excluding hydrogens is 371 g/mol. The van der Waals surface area contributed by atoms with E-state index in [0.717, 1.165) is 24.0 Å². The van der Waals surface area contributed by atoms with Gasteiger partial charge in [-0.15, -0.1) is 0 Å². The Morgan fingerprint density at radius 3 is 2.33 bits per heavy atom. The molecule has 2 nitrogen and oxygen atoms in total. The number of halogens is 1. The van der Waals surface area contributed by atoms with Crippen LogP contribution in [-0.2, 0) is 12.8 Å². The van der Waals surface area contributed by atoms with Crippen LogP contribution in [0.15, 0.2) is 76.9 Å². The molecule has 0 radical (unpaired) electrons. The van der Waals surface area contributed by atoms with Crippen molar-refractivity contribution in [3.05, 3.63) is 94.8 Å². The highest BCUT2D eigenvalue weighted by Gasteiger charge is 2.05. The zero-order chi connectivity index (χ0) is 21.2. The monoisotopic (exact) mass is 400 g/mol. The number of unbranched alkanes of at least 4 members (excludes halogenated alkanes) is 2. The molecular formula is C27H29FN2. The van der Waals surface area contributed by atoms with E-state index in [4.69, 9.17) is 0 Å². The van der Waals surface area contributed by atoms with Gasteiger partial charge in [-0.05, 0) is 53.1 Å². The molecule has 0 unspecified atom stereocenters. The lowest BCUT2D eigenvalue weighted by Crippen LogP contribution is -1.93. The van der Waals surface area contributed by atoms with Crippen molar-refractivity contribution in [1.29, 1.82) is 0 Å². The van der Waals surface area contributed by atoms with Gasteiger partial charge in [0.25, 0.3) is 0 Å². The molecule has 30 heavy (non-hydrogen) atoms. The van der Waals surface area contributed by atoms with Crippen LogP contribution in [0.2, 0.25) is 0 Å². The first-order chi connectivity index (χ1) is 14.7. The van der Waals surface area contributed by atoms with Crippen LogP contribution in [-0.4, -0.2) is 12.4 Å². The minimum absolute atomic E-state index is 0.256. The smallest absolute Gasteiger partial charge is 0.131 e. The van der Waals surface area contributed by atoms with Crippen molar-refractivity contribution in [1.82, 2.24) is 0 Å². The van der Waals surface area contributed by atoms with Gasteiger partial charge >= 0.3 is 0 Å². The summed E-state index contributed by atoms with van der Waals surface area (Å²) in [6, 6.07) is 21.4. The lowest BCUT2D eigenvalue weighted by molar-refractivity contribution is 0.631. The van der Waals surface area contributed by atoms with Crippen molar-refractivity contribution in [2.75, 3.05) is 0 Å². The average molecular weight is 401 g/mol. The Labute approximate surface area is 179 Å². The van der Waals surface area contributed by atoms with E-state index < -0.39 is 0 Å². The van der Waals surface area contributed by atoms with Crippen molar-refractivity contribution < 1.29 is 4.39 Å². The SMILES string of the molecule is CCCCCc1ccccc1C=NN=Cc1ccc(-c2ccc(CC)cc2)c(F)c1. The second-order valence-electron chi connectivity index (χ2n) is 7.43.